The van der Waals surface area contributed by atoms with Gasteiger partial charge in [0.05, 0.1) is 37.5 Å². The van der Waals surface area contributed by atoms with Crippen LogP contribution in [0.2, 0.25) is 10.0 Å². The predicted molar refractivity (Wildman–Crippen MR) is 201 cm³/mol. The molecule has 0 atom stereocenters. The number of esters is 2. The van der Waals surface area contributed by atoms with Crippen LogP contribution in [-0.4, -0.2) is 76.1 Å². The van der Waals surface area contributed by atoms with Gasteiger partial charge in [0, 0.05) is 6.54 Å². The fraction of sp³-hybridized carbons (Fsp3) is 0.250. The lowest BCUT2D eigenvalue weighted by atomic mass is 9.93. The highest BCUT2D eigenvalue weighted by Crippen LogP contribution is 2.39. The third-order valence-corrected chi connectivity index (χ3v) is 8.19. The third-order valence-electron chi connectivity index (χ3n) is 7.63. The minimum atomic E-state index is -1.10. The number of hydrogen-bond acceptors (Lipinski definition) is 10. The second-order valence-electron chi connectivity index (χ2n) is 11.5. The molecule has 4 rings (SSSR count). The maximum absolute atomic E-state index is 13.5. The van der Waals surface area contributed by atoms with Gasteiger partial charge in [0.15, 0.2) is 11.5 Å². The van der Waals surface area contributed by atoms with Crippen LogP contribution in [-0.2, 0) is 41.8 Å². The number of rotatable bonds is 20. The molecule has 4 aromatic rings. The SMILES string of the molecule is COc1c(Cl)cc(C(=CCCNC(=O)COCCOCC(=O)O)c2cc(Cl)c(OC)c(C(=O)OCc3ccccc3)c2)cc1C(=O)OCc1ccccc1. The lowest BCUT2D eigenvalue weighted by molar-refractivity contribution is -0.143. The van der Waals surface area contributed by atoms with Crippen LogP contribution < -0.4 is 14.8 Å². The summed E-state index contributed by atoms with van der Waals surface area (Å²) in [5.74, 6) is -2.66. The van der Waals surface area contributed by atoms with E-state index < -0.39 is 30.4 Å². The topological polar surface area (TPSA) is 156 Å². The first kappa shape index (κ1) is 41.4. The van der Waals surface area contributed by atoms with E-state index in [1.165, 1.54) is 14.2 Å². The van der Waals surface area contributed by atoms with E-state index in [4.69, 9.17) is 56.7 Å². The maximum atomic E-state index is 13.5. The summed E-state index contributed by atoms with van der Waals surface area (Å²) in [4.78, 5) is 49.9. The number of carbonyl (C=O) groups excluding carboxylic acids is 3. The summed E-state index contributed by atoms with van der Waals surface area (Å²) in [5.41, 5.74) is 3.09. The van der Waals surface area contributed by atoms with Crippen molar-refractivity contribution in [3.05, 3.63) is 134 Å². The predicted octanol–water partition coefficient (Wildman–Crippen LogP) is 6.78. The Kier molecular flexibility index (Phi) is 16.3. The highest BCUT2D eigenvalue weighted by molar-refractivity contribution is 6.33. The van der Waals surface area contributed by atoms with Gasteiger partial charge in [0.25, 0.3) is 0 Å². The van der Waals surface area contributed by atoms with Gasteiger partial charge in [-0.15, -0.1) is 0 Å². The number of hydrogen-bond donors (Lipinski definition) is 2. The van der Waals surface area contributed by atoms with Crippen molar-refractivity contribution in [3.8, 4) is 11.5 Å². The molecule has 0 fully saturated rings. The minimum absolute atomic E-state index is 0.00861. The lowest BCUT2D eigenvalue weighted by Gasteiger charge is -2.17. The molecule has 12 nitrogen and oxygen atoms in total. The molecule has 0 heterocycles. The molecule has 54 heavy (non-hydrogen) atoms. The standard InChI is InChI=1S/C40H39Cl2NO11/c1-49-37-31(39(47)53-22-26-10-5-3-6-11-26)18-28(20-33(37)41)30(14-9-15-43-35(44)24-51-16-17-52-25-36(45)46)29-19-32(38(50-2)34(42)21-29)40(48)54-23-27-12-7-4-8-13-27/h3-8,10-14,18-21H,9,15-17,22-25H2,1-2H3,(H,43,44)(H,45,46). The zero-order valence-electron chi connectivity index (χ0n) is 29.6. The zero-order valence-corrected chi connectivity index (χ0v) is 31.1. The summed E-state index contributed by atoms with van der Waals surface area (Å²) in [6, 6.07) is 24.7. The van der Waals surface area contributed by atoms with Crippen LogP contribution in [0, 0.1) is 0 Å². The number of carbonyl (C=O) groups is 4. The molecule has 0 radical (unpaired) electrons. The number of carboxylic acid groups (broad SMARTS) is 1. The van der Waals surface area contributed by atoms with Gasteiger partial charge < -0.3 is 38.8 Å². The first-order valence-electron chi connectivity index (χ1n) is 16.6. The Morgan fingerprint density at radius 3 is 1.59 bits per heavy atom. The summed E-state index contributed by atoms with van der Waals surface area (Å²) in [5, 5.41) is 11.6. The van der Waals surface area contributed by atoms with Crippen LogP contribution in [0.3, 0.4) is 0 Å². The van der Waals surface area contributed by atoms with Gasteiger partial charge in [0.2, 0.25) is 5.91 Å². The van der Waals surface area contributed by atoms with Crippen LogP contribution in [0.5, 0.6) is 11.5 Å². The minimum Gasteiger partial charge on any atom is -0.494 e. The molecule has 4 aromatic carbocycles. The summed E-state index contributed by atoms with van der Waals surface area (Å²) < 4.78 is 32.4. The number of nitrogens with one attached hydrogen (secondary N) is 1. The highest BCUT2D eigenvalue weighted by Gasteiger charge is 2.24. The first-order valence-corrected chi connectivity index (χ1v) is 17.4. The van der Waals surface area contributed by atoms with Crippen molar-refractivity contribution in [1.29, 1.82) is 0 Å². The zero-order chi connectivity index (χ0) is 38.9. The number of aliphatic carboxylic acids is 1. The fourth-order valence-electron chi connectivity index (χ4n) is 5.14. The van der Waals surface area contributed by atoms with Crippen molar-refractivity contribution in [2.45, 2.75) is 19.6 Å². The molecule has 0 aliphatic carbocycles. The summed E-state index contributed by atoms with van der Waals surface area (Å²) in [6.07, 6.45) is 2.06. The molecule has 0 saturated heterocycles. The van der Waals surface area contributed by atoms with Crippen LogP contribution in [0.25, 0.3) is 5.57 Å². The fourth-order valence-corrected chi connectivity index (χ4v) is 5.73. The molecule has 2 N–H and O–H groups in total. The number of methoxy groups -OCH3 is 2. The molecule has 0 spiro atoms. The van der Waals surface area contributed by atoms with Crippen LogP contribution in [0.15, 0.2) is 91.0 Å². The monoisotopic (exact) mass is 779 g/mol. The molecule has 0 bridgehead atoms. The van der Waals surface area contributed by atoms with Crippen LogP contribution >= 0.6 is 23.2 Å². The van der Waals surface area contributed by atoms with E-state index in [1.807, 2.05) is 60.7 Å². The Bertz CT molecular complexity index is 1820. The van der Waals surface area contributed by atoms with Gasteiger partial charge in [-0.2, -0.15) is 0 Å². The van der Waals surface area contributed by atoms with Gasteiger partial charge in [-0.05, 0) is 58.5 Å². The third kappa shape index (κ3) is 12.3. The molecule has 1 amide bonds. The normalized spacial score (nSPS) is 10.6. The second kappa shape index (κ2) is 21.3. The van der Waals surface area contributed by atoms with Crippen molar-refractivity contribution in [2.75, 3.05) is 47.2 Å². The molecular weight excluding hydrogens is 741 g/mol. The maximum Gasteiger partial charge on any atom is 0.342 e. The van der Waals surface area contributed by atoms with E-state index in [0.717, 1.165) is 11.1 Å². The Morgan fingerprint density at radius 1 is 0.685 bits per heavy atom. The van der Waals surface area contributed by atoms with Crippen molar-refractivity contribution in [3.63, 3.8) is 0 Å². The Hall–Kier alpha value is -5.40. The summed E-state index contributed by atoms with van der Waals surface area (Å²) in [6.45, 7) is -0.484. The Balaban J connectivity index is 1.64. The number of halogens is 2. The van der Waals surface area contributed by atoms with Gasteiger partial charge in [0.1, 0.15) is 37.6 Å². The van der Waals surface area contributed by atoms with Gasteiger partial charge in [-0.25, -0.2) is 14.4 Å². The molecule has 0 unspecified atom stereocenters. The number of carboxylic acids is 1. The van der Waals surface area contributed by atoms with Crippen molar-refractivity contribution in [2.24, 2.45) is 0 Å². The number of ether oxygens (including phenoxy) is 6. The van der Waals surface area contributed by atoms with Crippen molar-refractivity contribution >= 4 is 52.6 Å². The molecule has 284 valence electrons. The van der Waals surface area contributed by atoms with E-state index in [1.54, 1.807) is 30.3 Å². The second-order valence-corrected chi connectivity index (χ2v) is 12.3. The largest absolute Gasteiger partial charge is 0.494 e. The Labute approximate surface area is 322 Å². The average molecular weight is 781 g/mol. The van der Waals surface area contributed by atoms with Crippen LogP contribution in [0.1, 0.15) is 49.4 Å². The van der Waals surface area contributed by atoms with E-state index in [-0.39, 0.29) is 78.7 Å². The molecule has 14 heteroatoms. The van der Waals surface area contributed by atoms with E-state index in [9.17, 15) is 19.2 Å². The van der Waals surface area contributed by atoms with Crippen molar-refractivity contribution in [1.82, 2.24) is 5.32 Å². The average Bonchev–Trinajstić information content (AvgIpc) is 3.17. The molecular formula is C40H39Cl2NO11. The molecule has 0 aliphatic heterocycles. The van der Waals surface area contributed by atoms with Crippen molar-refractivity contribution < 1.29 is 52.7 Å². The van der Waals surface area contributed by atoms with E-state index in [0.29, 0.717) is 16.7 Å². The number of amides is 1. The summed E-state index contributed by atoms with van der Waals surface area (Å²) in [7, 11) is 2.77. The van der Waals surface area contributed by atoms with E-state index >= 15 is 0 Å². The molecule has 0 aromatic heterocycles. The Morgan fingerprint density at radius 2 is 1.15 bits per heavy atom. The summed E-state index contributed by atoms with van der Waals surface area (Å²) >= 11 is 13.4. The highest BCUT2D eigenvalue weighted by atomic mass is 35.5. The van der Waals surface area contributed by atoms with Gasteiger partial charge in [-0.3, -0.25) is 4.79 Å². The van der Waals surface area contributed by atoms with E-state index in [2.05, 4.69) is 5.32 Å². The van der Waals surface area contributed by atoms with Gasteiger partial charge >= 0.3 is 17.9 Å². The quantitative estimate of drug-likeness (QED) is 0.0720. The van der Waals surface area contributed by atoms with Crippen LogP contribution in [0.4, 0.5) is 0 Å². The molecule has 0 aliphatic rings. The first-order chi connectivity index (χ1) is 26.1. The number of benzene rings is 4. The molecule has 0 saturated carbocycles. The lowest BCUT2D eigenvalue weighted by Crippen LogP contribution is -2.29. The smallest absolute Gasteiger partial charge is 0.342 e. The van der Waals surface area contributed by atoms with Gasteiger partial charge in [-0.1, -0.05) is 89.9 Å².